The zero-order valence-corrected chi connectivity index (χ0v) is 10.3. The zero-order chi connectivity index (χ0) is 9.68. The lowest BCUT2D eigenvalue weighted by atomic mass is 10.1. The van der Waals surface area contributed by atoms with Crippen LogP contribution in [-0.2, 0) is 6.42 Å². The van der Waals surface area contributed by atoms with Crippen molar-refractivity contribution >= 4 is 38.1 Å². The van der Waals surface area contributed by atoms with E-state index in [1.54, 1.807) is 0 Å². The molecule has 0 saturated carbocycles. The van der Waals surface area contributed by atoms with Gasteiger partial charge in [0.1, 0.15) is 0 Å². The van der Waals surface area contributed by atoms with Crippen LogP contribution in [0.3, 0.4) is 0 Å². The molecule has 3 heteroatoms. The van der Waals surface area contributed by atoms with Crippen LogP contribution in [0.25, 0.3) is 0 Å². The van der Waals surface area contributed by atoms with Crippen molar-refractivity contribution in [1.82, 2.24) is 0 Å². The Morgan fingerprint density at radius 2 is 2.15 bits per heavy atom. The van der Waals surface area contributed by atoms with Crippen molar-refractivity contribution in [3.63, 3.8) is 0 Å². The summed E-state index contributed by atoms with van der Waals surface area (Å²) in [6.45, 7) is 0. The van der Waals surface area contributed by atoms with Crippen molar-refractivity contribution in [3.8, 4) is 0 Å². The minimum atomic E-state index is 0.729. The predicted octanol–water partition coefficient (Wildman–Crippen LogP) is 3.59. The molecule has 0 aromatic heterocycles. The van der Waals surface area contributed by atoms with Gasteiger partial charge >= 0.3 is 0 Å². The minimum Gasteiger partial charge on any atom is -0.298 e. The van der Waals surface area contributed by atoms with Gasteiger partial charge in [0, 0.05) is 15.4 Å². The molecule has 1 nitrogen and oxygen atoms in total. The standard InChI is InChI=1S/C10H10Br2O/c11-5-1-2-8-3-4-10(12)9(6-8)7-13/h3-4,6-7H,1-2,5H2. The summed E-state index contributed by atoms with van der Waals surface area (Å²) in [5.74, 6) is 0. The third-order valence-electron chi connectivity index (χ3n) is 1.79. The quantitative estimate of drug-likeness (QED) is 0.614. The molecule has 1 aromatic rings. The highest BCUT2D eigenvalue weighted by Gasteiger charge is 1.99. The van der Waals surface area contributed by atoms with Gasteiger partial charge in [-0.25, -0.2) is 0 Å². The van der Waals surface area contributed by atoms with Gasteiger partial charge in [0.05, 0.1) is 0 Å². The van der Waals surface area contributed by atoms with Crippen LogP contribution in [0, 0.1) is 0 Å². The number of carbonyl (C=O) groups is 1. The van der Waals surface area contributed by atoms with Crippen LogP contribution in [0.5, 0.6) is 0 Å². The molecule has 70 valence electrons. The van der Waals surface area contributed by atoms with E-state index in [2.05, 4.69) is 31.9 Å². The summed E-state index contributed by atoms with van der Waals surface area (Å²) in [5, 5.41) is 0.999. The van der Waals surface area contributed by atoms with Gasteiger partial charge in [-0.05, 0) is 30.5 Å². The Balaban J connectivity index is 2.80. The molecule has 0 fully saturated rings. The van der Waals surface area contributed by atoms with Crippen molar-refractivity contribution in [3.05, 3.63) is 33.8 Å². The summed E-state index contributed by atoms with van der Waals surface area (Å²) in [6, 6.07) is 5.90. The van der Waals surface area contributed by atoms with Gasteiger partial charge in [0.15, 0.2) is 6.29 Å². The number of rotatable bonds is 4. The first-order valence-corrected chi connectivity index (χ1v) is 5.99. The van der Waals surface area contributed by atoms with Crippen LogP contribution >= 0.6 is 31.9 Å². The maximum Gasteiger partial charge on any atom is 0.151 e. The molecule has 0 aliphatic carbocycles. The molecule has 0 bridgehead atoms. The normalized spacial score (nSPS) is 10.0. The summed E-state index contributed by atoms with van der Waals surface area (Å²) in [7, 11) is 0. The Morgan fingerprint density at radius 1 is 1.38 bits per heavy atom. The number of carbonyl (C=O) groups excluding carboxylic acids is 1. The third kappa shape index (κ3) is 3.24. The highest BCUT2D eigenvalue weighted by atomic mass is 79.9. The molecule has 0 spiro atoms. The maximum absolute atomic E-state index is 10.6. The molecule has 0 atom stereocenters. The van der Waals surface area contributed by atoms with E-state index in [9.17, 15) is 4.79 Å². The van der Waals surface area contributed by atoms with Crippen LogP contribution in [0.2, 0.25) is 0 Å². The van der Waals surface area contributed by atoms with E-state index in [4.69, 9.17) is 0 Å². The summed E-state index contributed by atoms with van der Waals surface area (Å²) in [5.41, 5.74) is 1.94. The van der Waals surface area contributed by atoms with Crippen molar-refractivity contribution in [2.24, 2.45) is 0 Å². The minimum absolute atomic E-state index is 0.729. The lowest BCUT2D eigenvalue weighted by Gasteiger charge is -2.01. The molecule has 0 amide bonds. The first-order valence-electron chi connectivity index (χ1n) is 4.07. The van der Waals surface area contributed by atoms with Crippen LogP contribution in [0.1, 0.15) is 22.3 Å². The average molecular weight is 306 g/mol. The summed E-state index contributed by atoms with van der Waals surface area (Å²) < 4.78 is 0.866. The summed E-state index contributed by atoms with van der Waals surface area (Å²) in [6.07, 6.45) is 2.99. The number of aryl methyl sites for hydroxylation is 1. The Kier molecular flexibility index (Phi) is 4.67. The first kappa shape index (κ1) is 10.9. The molecule has 0 radical (unpaired) electrons. The van der Waals surface area contributed by atoms with Gasteiger partial charge in [0.2, 0.25) is 0 Å². The molecule has 1 aromatic carbocycles. The molecule has 0 aliphatic rings. The second-order valence-corrected chi connectivity index (χ2v) is 4.41. The molecular formula is C10H10Br2O. The van der Waals surface area contributed by atoms with Crippen LogP contribution in [0.15, 0.2) is 22.7 Å². The number of halogens is 2. The number of benzene rings is 1. The van der Waals surface area contributed by atoms with Gasteiger partial charge in [-0.2, -0.15) is 0 Å². The molecular weight excluding hydrogens is 296 g/mol. The van der Waals surface area contributed by atoms with E-state index >= 15 is 0 Å². The van der Waals surface area contributed by atoms with E-state index in [0.29, 0.717) is 0 Å². The predicted molar refractivity (Wildman–Crippen MR) is 61.6 cm³/mol. The van der Waals surface area contributed by atoms with E-state index in [1.165, 1.54) is 5.56 Å². The van der Waals surface area contributed by atoms with Crippen molar-refractivity contribution in [1.29, 1.82) is 0 Å². The molecule has 13 heavy (non-hydrogen) atoms. The third-order valence-corrected chi connectivity index (χ3v) is 3.07. The van der Waals surface area contributed by atoms with E-state index < -0.39 is 0 Å². The maximum atomic E-state index is 10.6. The van der Waals surface area contributed by atoms with E-state index in [1.807, 2.05) is 18.2 Å². The van der Waals surface area contributed by atoms with Gasteiger partial charge < -0.3 is 0 Å². The van der Waals surface area contributed by atoms with Gasteiger partial charge in [-0.3, -0.25) is 4.79 Å². The largest absolute Gasteiger partial charge is 0.298 e. The fourth-order valence-corrected chi connectivity index (χ4v) is 1.73. The van der Waals surface area contributed by atoms with Crippen LogP contribution < -0.4 is 0 Å². The fraction of sp³-hybridized carbons (Fsp3) is 0.300. The van der Waals surface area contributed by atoms with Crippen molar-refractivity contribution in [2.75, 3.05) is 5.33 Å². The summed E-state index contributed by atoms with van der Waals surface area (Å²) >= 11 is 6.70. The number of hydrogen-bond donors (Lipinski definition) is 0. The van der Waals surface area contributed by atoms with E-state index in [-0.39, 0.29) is 0 Å². The second-order valence-electron chi connectivity index (χ2n) is 2.77. The van der Waals surface area contributed by atoms with Gasteiger partial charge in [-0.15, -0.1) is 0 Å². The lowest BCUT2D eigenvalue weighted by molar-refractivity contribution is 0.112. The molecule has 0 N–H and O–H groups in total. The Bertz CT molecular complexity index is 297. The molecule has 1 rings (SSSR count). The highest BCUT2D eigenvalue weighted by molar-refractivity contribution is 9.10. The smallest absolute Gasteiger partial charge is 0.151 e. The number of aldehydes is 1. The second kappa shape index (κ2) is 5.55. The fourth-order valence-electron chi connectivity index (χ4n) is 1.11. The monoisotopic (exact) mass is 304 g/mol. The first-order chi connectivity index (χ1) is 6.27. The van der Waals surface area contributed by atoms with Crippen LogP contribution in [-0.4, -0.2) is 11.6 Å². The summed E-state index contributed by atoms with van der Waals surface area (Å²) in [4.78, 5) is 10.6. The van der Waals surface area contributed by atoms with Crippen molar-refractivity contribution < 1.29 is 4.79 Å². The van der Waals surface area contributed by atoms with Crippen molar-refractivity contribution in [2.45, 2.75) is 12.8 Å². The number of hydrogen-bond acceptors (Lipinski definition) is 1. The molecule has 0 unspecified atom stereocenters. The van der Waals surface area contributed by atoms with Gasteiger partial charge in [0.25, 0.3) is 0 Å². The Morgan fingerprint density at radius 3 is 2.77 bits per heavy atom. The van der Waals surface area contributed by atoms with Gasteiger partial charge in [-0.1, -0.05) is 37.9 Å². The van der Waals surface area contributed by atoms with E-state index in [0.717, 1.165) is 34.5 Å². The van der Waals surface area contributed by atoms with Crippen LogP contribution in [0.4, 0.5) is 0 Å². The highest BCUT2D eigenvalue weighted by Crippen LogP contribution is 2.17. The topological polar surface area (TPSA) is 17.1 Å². The Hall–Kier alpha value is -0.150. The lowest BCUT2D eigenvalue weighted by Crippen LogP contribution is -1.89. The average Bonchev–Trinajstić information content (AvgIpc) is 2.16. The molecule has 0 saturated heterocycles. The Labute approximate surface area is 94.8 Å². The SMILES string of the molecule is O=Cc1cc(CCCBr)ccc1Br. The molecule has 0 heterocycles. The molecule has 0 aliphatic heterocycles. The zero-order valence-electron chi connectivity index (χ0n) is 7.09. The number of alkyl halides is 1.